The summed E-state index contributed by atoms with van der Waals surface area (Å²) in [6.07, 6.45) is 3.61. The molecule has 8 heteroatoms. The summed E-state index contributed by atoms with van der Waals surface area (Å²) in [4.78, 5) is 35.8. The van der Waals surface area contributed by atoms with Gasteiger partial charge in [-0.2, -0.15) is 0 Å². The van der Waals surface area contributed by atoms with Crippen LogP contribution in [0.2, 0.25) is 0 Å². The van der Waals surface area contributed by atoms with E-state index in [0.717, 1.165) is 36.1 Å². The molecule has 1 aromatic heterocycles. The molecule has 1 aromatic carbocycles. The molecule has 0 bridgehead atoms. The molecule has 2 amide bonds. The molecule has 124 valence electrons. The van der Waals surface area contributed by atoms with Crippen LogP contribution in [0, 0.1) is 10.1 Å². The van der Waals surface area contributed by atoms with Crippen molar-refractivity contribution >= 4 is 33.8 Å². The number of carbonyl (C=O) groups excluding carboxylic acids is 2. The highest BCUT2D eigenvalue weighted by molar-refractivity contribution is 7.17. The normalized spacial score (nSPS) is 13.2. The number of nitrogens with one attached hydrogen (secondary N) is 1. The molecule has 0 atom stereocenters. The second-order valence-electron chi connectivity index (χ2n) is 5.51. The van der Waals surface area contributed by atoms with Gasteiger partial charge in [0.15, 0.2) is 0 Å². The molecular formula is C16H15N3O4S. The van der Waals surface area contributed by atoms with Crippen LogP contribution in [0.25, 0.3) is 0 Å². The predicted molar refractivity (Wildman–Crippen MR) is 90.5 cm³/mol. The summed E-state index contributed by atoms with van der Waals surface area (Å²) in [6.45, 7) is 0. The van der Waals surface area contributed by atoms with E-state index in [1.807, 2.05) is 0 Å². The summed E-state index contributed by atoms with van der Waals surface area (Å²) in [5.41, 5.74) is 6.39. The maximum Gasteiger partial charge on any atom is 0.282 e. The van der Waals surface area contributed by atoms with Crippen LogP contribution in [-0.2, 0) is 12.8 Å². The predicted octanol–water partition coefficient (Wildman–Crippen LogP) is 2.89. The van der Waals surface area contributed by atoms with Crippen molar-refractivity contribution in [2.24, 2.45) is 5.73 Å². The van der Waals surface area contributed by atoms with E-state index in [1.165, 1.54) is 29.5 Å². The van der Waals surface area contributed by atoms with E-state index in [-0.39, 0.29) is 11.3 Å². The Hall–Kier alpha value is -2.74. The Kier molecular flexibility index (Phi) is 4.30. The molecule has 1 aliphatic carbocycles. The highest BCUT2D eigenvalue weighted by Gasteiger charge is 2.26. The molecule has 7 nitrogen and oxygen atoms in total. The van der Waals surface area contributed by atoms with Crippen molar-refractivity contribution in [2.75, 3.05) is 5.32 Å². The van der Waals surface area contributed by atoms with Crippen LogP contribution in [0.4, 0.5) is 10.7 Å². The van der Waals surface area contributed by atoms with E-state index in [1.54, 1.807) is 6.07 Å². The first-order valence-corrected chi connectivity index (χ1v) is 8.29. The van der Waals surface area contributed by atoms with Gasteiger partial charge in [0, 0.05) is 10.9 Å². The van der Waals surface area contributed by atoms with Gasteiger partial charge in [0.1, 0.15) is 10.6 Å². The first-order chi connectivity index (χ1) is 11.5. The molecule has 0 saturated carbocycles. The lowest BCUT2D eigenvalue weighted by atomic mass is 9.95. The zero-order chi connectivity index (χ0) is 17.3. The maximum absolute atomic E-state index is 12.5. The lowest BCUT2D eigenvalue weighted by Crippen LogP contribution is -2.19. The van der Waals surface area contributed by atoms with Crippen LogP contribution in [0.5, 0.6) is 0 Å². The third-order valence-electron chi connectivity index (χ3n) is 3.99. The van der Waals surface area contributed by atoms with Crippen LogP contribution < -0.4 is 11.1 Å². The Morgan fingerprint density at radius 2 is 1.92 bits per heavy atom. The molecule has 3 rings (SSSR count). The van der Waals surface area contributed by atoms with E-state index in [0.29, 0.717) is 10.6 Å². The number of nitrogens with zero attached hydrogens (tertiary/aromatic N) is 1. The Balaban J connectivity index is 1.97. The van der Waals surface area contributed by atoms with Crippen molar-refractivity contribution in [1.82, 2.24) is 0 Å². The average Bonchev–Trinajstić information content (AvgIpc) is 2.92. The largest absolute Gasteiger partial charge is 0.365 e. The quantitative estimate of drug-likeness (QED) is 0.654. The molecule has 3 N–H and O–H groups in total. The van der Waals surface area contributed by atoms with E-state index < -0.39 is 16.7 Å². The molecule has 0 aliphatic heterocycles. The fraction of sp³-hybridized carbons (Fsp3) is 0.250. The number of carbonyl (C=O) groups is 2. The fourth-order valence-corrected chi connectivity index (χ4v) is 4.20. The van der Waals surface area contributed by atoms with Crippen molar-refractivity contribution in [3.05, 3.63) is 55.9 Å². The number of nitrogens with two attached hydrogens (primary N) is 1. The van der Waals surface area contributed by atoms with Gasteiger partial charge >= 0.3 is 0 Å². The zero-order valence-corrected chi connectivity index (χ0v) is 13.5. The molecule has 0 fully saturated rings. The number of amides is 2. The maximum atomic E-state index is 12.5. The van der Waals surface area contributed by atoms with Crippen molar-refractivity contribution < 1.29 is 14.5 Å². The minimum atomic E-state index is -0.622. The summed E-state index contributed by atoms with van der Waals surface area (Å²) in [7, 11) is 0. The van der Waals surface area contributed by atoms with Crippen molar-refractivity contribution in [2.45, 2.75) is 25.7 Å². The van der Waals surface area contributed by atoms with E-state index >= 15 is 0 Å². The van der Waals surface area contributed by atoms with Gasteiger partial charge in [-0.05, 0) is 37.3 Å². The second-order valence-corrected chi connectivity index (χ2v) is 6.61. The summed E-state index contributed by atoms with van der Waals surface area (Å²) in [5.74, 6) is -1.21. The minimum absolute atomic E-state index is 0.0516. The van der Waals surface area contributed by atoms with Gasteiger partial charge in [0.2, 0.25) is 0 Å². The van der Waals surface area contributed by atoms with Crippen LogP contribution in [-0.4, -0.2) is 16.7 Å². The Morgan fingerprint density at radius 3 is 2.62 bits per heavy atom. The first kappa shape index (κ1) is 16.1. The monoisotopic (exact) mass is 345 g/mol. The zero-order valence-electron chi connectivity index (χ0n) is 12.7. The van der Waals surface area contributed by atoms with Crippen LogP contribution in [0.3, 0.4) is 0 Å². The smallest absolute Gasteiger partial charge is 0.282 e. The van der Waals surface area contributed by atoms with Crippen LogP contribution in [0.15, 0.2) is 24.3 Å². The number of benzene rings is 1. The molecule has 1 aliphatic rings. The van der Waals surface area contributed by atoms with Crippen molar-refractivity contribution in [1.29, 1.82) is 0 Å². The number of aryl methyl sites for hydroxylation is 1. The molecule has 0 spiro atoms. The second kappa shape index (κ2) is 6.40. The van der Waals surface area contributed by atoms with Gasteiger partial charge in [-0.3, -0.25) is 19.7 Å². The summed E-state index contributed by atoms with van der Waals surface area (Å²) in [6, 6.07) is 5.69. The lowest BCUT2D eigenvalue weighted by Gasteiger charge is -2.11. The van der Waals surface area contributed by atoms with Gasteiger partial charge in [0.25, 0.3) is 17.5 Å². The number of hydrogen-bond acceptors (Lipinski definition) is 5. The van der Waals surface area contributed by atoms with Crippen LogP contribution in [0.1, 0.15) is 44.0 Å². The Bertz CT molecular complexity index is 844. The number of rotatable bonds is 4. The lowest BCUT2D eigenvalue weighted by molar-refractivity contribution is -0.385. The summed E-state index contributed by atoms with van der Waals surface area (Å²) < 4.78 is 0. The molecule has 0 radical (unpaired) electrons. The van der Waals surface area contributed by atoms with Crippen LogP contribution >= 0.6 is 11.3 Å². The molecular weight excluding hydrogens is 330 g/mol. The third-order valence-corrected chi connectivity index (χ3v) is 5.20. The van der Waals surface area contributed by atoms with E-state index in [2.05, 4.69) is 5.32 Å². The number of anilines is 1. The number of primary amides is 1. The van der Waals surface area contributed by atoms with Gasteiger partial charge in [-0.25, -0.2) is 0 Å². The fourth-order valence-electron chi connectivity index (χ4n) is 2.91. The van der Waals surface area contributed by atoms with Gasteiger partial charge < -0.3 is 11.1 Å². The molecule has 24 heavy (non-hydrogen) atoms. The van der Waals surface area contributed by atoms with E-state index in [4.69, 9.17) is 5.73 Å². The standard InChI is InChI=1S/C16H15N3O4S/c17-14(20)13-10-6-2-4-8-12(10)24-16(13)18-15(21)9-5-1-3-7-11(9)19(22)23/h1,3,5,7H,2,4,6,8H2,(H2,17,20)(H,18,21). The molecule has 0 saturated heterocycles. The summed E-state index contributed by atoms with van der Waals surface area (Å²) >= 11 is 1.32. The number of thiophene rings is 1. The topological polar surface area (TPSA) is 115 Å². The number of nitro benzene ring substituents is 1. The van der Waals surface area contributed by atoms with Gasteiger partial charge in [-0.15, -0.1) is 11.3 Å². The SMILES string of the molecule is NC(=O)c1c(NC(=O)c2ccccc2[N+](=O)[O-])sc2c1CCCC2. The average molecular weight is 345 g/mol. The van der Waals surface area contributed by atoms with Crippen molar-refractivity contribution in [3.8, 4) is 0 Å². The van der Waals surface area contributed by atoms with Gasteiger partial charge in [-0.1, -0.05) is 12.1 Å². The molecule has 1 heterocycles. The highest BCUT2D eigenvalue weighted by Crippen LogP contribution is 2.38. The number of para-hydroxylation sites is 1. The molecule has 0 unspecified atom stereocenters. The minimum Gasteiger partial charge on any atom is -0.365 e. The van der Waals surface area contributed by atoms with Gasteiger partial charge in [0.05, 0.1) is 10.5 Å². The Labute approximate surface area is 141 Å². The Morgan fingerprint density at radius 1 is 1.21 bits per heavy atom. The summed E-state index contributed by atoms with van der Waals surface area (Å²) in [5, 5.41) is 14.1. The van der Waals surface area contributed by atoms with Crippen molar-refractivity contribution in [3.63, 3.8) is 0 Å². The first-order valence-electron chi connectivity index (χ1n) is 7.48. The molecule has 2 aromatic rings. The number of hydrogen-bond donors (Lipinski definition) is 2. The number of fused-ring (bicyclic) bond motifs is 1. The third kappa shape index (κ3) is 2.88. The number of nitro groups is 1. The van der Waals surface area contributed by atoms with E-state index in [9.17, 15) is 19.7 Å². The highest BCUT2D eigenvalue weighted by atomic mass is 32.1.